The molecule has 0 spiro atoms. The first-order chi connectivity index (χ1) is 16.4. The quantitative estimate of drug-likeness (QED) is 0.449. The zero-order valence-corrected chi connectivity index (χ0v) is 20.1. The van der Waals surface area contributed by atoms with Crippen molar-refractivity contribution < 1.29 is 18.7 Å². The molecule has 2 N–H and O–H groups in total. The largest absolute Gasteiger partial charge is 0.495 e. The third kappa shape index (κ3) is 4.66. The van der Waals surface area contributed by atoms with Crippen LogP contribution in [0.5, 0.6) is 5.75 Å². The molecular formula is C24H23Cl2FN4O3. The number of fused-ring (bicyclic) bond motifs is 1. The van der Waals surface area contributed by atoms with Gasteiger partial charge in [-0.15, -0.1) is 0 Å². The van der Waals surface area contributed by atoms with Crippen LogP contribution in [0.3, 0.4) is 0 Å². The lowest BCUT2D eigenvalue weighted by Crippen LogP contribution is -2.45. The highest BCUT2D eigenvalue weighted by molar-refractivity contribution is 6.40. The van der Waals surface area contributed by atoms with E-state index in [0.29, 0.717) is 51.9 Å². The molecule has 2 aromatic carbocycles. The summed E-state index contributed by atoms with van der Waals surface area (Å²) in [6, 6.07) is 4.30. The summed E-state index contributed by atoms with van der Waals surface area (Å²) in [5.41, 5.74) is 1.96. The number of amides is 1. The molecule has 178 valence electrons. The van der Waals surface area contributed by atoms with Gasteiger partial charge < -0.3 is 20.1 Å². The Morgan fingerprint density at radius 3 is 2.76 bits per heavy atom. The van der Waals surface area contributed by atoms with E-state index in [1.807, 2.05) is 6.92 Å². The summed E-state index contributed by atoms with van der Waals surface area (Å²) >= 11 is 13.2. The summed E-state index contributed by atoms with van der Waals surface area (Å²) in [7, 11) is 1.52. The van der Waals surface area contributed by atoms with Crippen molar-refractivity contribution in [1.29, 1.82) is 0 Å². The van der Waals surface area contributed by atoms with E-state index < -0.39 is 5.82 Å². The molecule has 10 heteroatoms. The van der Waals surface area contributed by atoms with Crippen LogP contribution >= 0.6 is 23.2 Å². The van der Waals surface area contributed by atoms with Gasteiger partial charge in [0.15, 0.2) is 0 Å². The van der Waals surface area contributed by atoms with Crippen LogP contribution in [-0.4, -0.2) is 48.3 Å². The van der Waals surface area contributed by atoms with Crippen molar-refractivity contribution in [3.63, 3.8) is 0 Å². The molecule has 0 saturated carbocycles. The van der Waals surface area contributed by atoms with Crippen molar-refractivity contribution in [2.24, 2.45) is 0 Å². The highest BCUT2D eigenvalue weighted by atomic mass is 35.5. The Morgan fingerprint density at radius 1 is 1.29 bits per heavy atom. The summed E-state index contributed by atoms with van der Waals surface area (Å²) < 4.78 is 26.0. The molecule has 2 heterocycles. The number of carbonyl (C=O) groups excluding carboxylic acids is 1. The van der Waals surface area contributed by atoms with Gasteiger partial charge in [0.25, 0.3) is 0 Å². The predicted molar refractivity (Wildman–Crippen MR) is 131 cm³/mol. The summed E-state index contributed by atoms with van der Waals surface area (Å²) in [5, 5.41) is 7.13. The number of carbonyl (C=O) groups is 1. The standard InChI is InChI=1S/C24H23Cl2FN4O3/c1-4-12-8-18(33-3)22(26)20(21(12)25)13-6-14-9-28-24(31-23(14)15(27)7-13)30-17-11-34-10-16(17)29-19(32)5-2/h5-9,16-17H,2,4,10-11H2,1,3H3,(H,29,32)(H,28,30,31)/t16-,17+/m0/s1. The van der Waals surface area contributed by atoms with Crippen LogP contribution < -0.4 is 15.4 Å². The molecule has 1 saturated heterocycles. The molecule has 0 radical (unpaired) electrons. The minimum absolute atomic E-state index is 0.137. The molecular weight excluding hydrogens is 482 g/mol. The zero-order chi connectivity index (χ0) is 24.4. The average Bonchev–Trinajstić information content (AvgIpc) is 3.26. The third-order valence-corrected chi connectivity index (χ3v) is 6.48. The fourth-order valence-electron chi connectivity index (χ4n) is 3.89. The first-order valence-electron chi connectivity index (χ1n) is 10.6. The second kappa shape index (κ2) is 10.1. The molecule has 1 aliphatic heterocycles. The third-order valence-electron chi connectivity index (χ3n) is 5.68. The SMILES string of the molecule is C=CC(=O)N[C@H]1COC[C@H]1Nc1ncc2cc(-c3c(Cl)c(CC)cc(OC)c3Cl)cc(F)c2n1. The maximum absolute atomic E-state index is 15.2. The Bertz CT molecular complexity index is 1240. The molecule has 3 aromatic rings. The Morgan fingerprint density at radius 2 is 2.06 bits per heavy atom. The molecule has 4 rings (SSSR count). The first-order valence-corrected chi connectivity index (χ1v) is 11.4. The number of rotatable bonds is 7. The van der Waals surface area contributed by atoms with Crippen LogP contribution in [0.15, 0.2) is 37.1 Å². The lowest BCUT2D eigenvalue weighted by atomic mass is 9.99. The molecule has 2 atom stereocenters. The average molecular weight is 505 g/mol. The fourth-order valence-corrected chi connectivity index (χ4v) is 4.66. The van der Waals surface area contributed by atoms with Gasteiger partial charge in [0.1, 0.15) is 17.1 Å². The Hall–Kier alpha value is -2.94. The van der Waals surface area contributed by atoms with E-state index in [0.717, 1.165) is 5.56 Å². The lowest BCUT2D eigenvalue weighted by molar-refractivity contribution is -0.117. The van der Waals surface area contributed by atoms with Gasteiger partial charge in [-0.05, 0) is 41.8 Å². The van der Waals surface area contributed by atoms with Gasteiger partial charge in [-0.25, -0.2) is 14.4 Å². The molecule has 0 aliphatic carbocycles. The van der Waals surface area contributed by atoms with Crippen molar-refractivity contribution in [3.05, 3.63) is 58.5 Å². The maximum atomic E-state index is 15.2. The second-order valence-corrected chi connectivity index (χ2v) is 8.55. The van der Waals surface area contributed by atoms with E-state index in [9.17, 15) is 4.79 Å². The predicted octanol–water partition coefficient (Wildman–Crippen LogP) is 4.80. The number of hydrogen-bond donors (Lipinski definition) is 2. The van der Waals surface area contributed by atoms with Crippen LogP contribution in [0.1, 0.15) is 12.5 Å². The molecule has 1 aromatic heterocycles. The van der Waals surface area contributed by atoms with Gasteiger partial charge >= 0.3 is 0 Å². The van der Waals surface area contributed by atoms with Crippen LogP contribution in [0.4, 0.5) is 10.3 Å². The molecule has 0 bridgehead atoms. The number of benzene rings is 2. The van der Waals surface area contributed by atoms with Crippen LogP contribution in [-0.2, 0) is 16.0 Å². The maximum Gasteiger partial charge on any atom is 0.243 e. The van der Waals surface area contributed by atoms with Crippen molar-refractivity contribution >= 4 is 46.0 Å². The number of aromatic nitrogens is 2. The minimum Gasteiger partial charge on any atom is -0.495 e. The Labute approximate surface area is 206 Å². The summed E-state index contributed by atoms with van der Waals surface area (Å²) in [5.74, 6) is -0.171. The van der Waals surface area contributed by atoms with Crippen molar-refractivity contribution in [3.8, 4) is 16.9 Å². The summed E-state index contributed by atoms with van der Waals surface area (Å²) in [6.07, 6.45) is 3.37. The highest BCUT2D eigenvalue weighted by Crippen LogP contribution is 2.43. The number of anilines is 1. The van der Waals surface area contributed by atoms with Gasteiger partial charge in [0.2, 0.25) is 11.9 Å². The Balaban J connectivity index is 1.69. The summed E-state index contributed by atoms with van der Waals surface area (Å²) in [6.45, 7) is 6.10. The van der Waals surface area contributed by atoms with E-state index >= 15 is 4.39 Å². The molecule has 0 unspecified atom stereocenters. The van der Waals surface area contributed by atoms with Crippen molar-refractivity contribution in [1.82, 2.24) is 15.3 Å². The number of halogens is 3. The van der Waals surface area contributed by atoms with Gasteiger partial charge in [-0.2, -0.15) is 0 Å². The van der Waals surface area contributed by atoms with Crippen LogP contribution in [0, 0.1) is 5.82 Å². The van der Waals surface area contributed by atoms with Crippen LogP contribution in [0.25, 0.3) is 22.0 Å². The van der Waals surface area contributed by atoms with E-state index in [-0.39, 0.29) is 29.5 Å². The smallest absolute Gasteiger partial charge is 0.243 e. The number of nitrogens with one attached hydrogen (secondary N) is 2. The monoisotopic (exact) mass is 504 g/mol. The lowest BCUT2D eigenvalue weighted by Gasteiger charge is -2.20. The van der Waals surface area contributed by atoms with Crippen molar-refractivity contribution in [2.75, 3.05) is 25.6 Å². The van der Waals surface area contributed by atoms with Gasteiger partial charge in [0, 0.05) is 17.1 Å². The van der Waals surface area contributed by atoms with E-state index in [1.54, 1.807) is 12.1 Å². The molecule has 1 aliphatic rings. The number of methoxy groups -OCH3 is 1. The van der Waals surface area contributed by atoms with Gasteiger partial charge in [0.05, 0.1) is 42.5 Å². The first kappa shape index (κ1) is 24.2. The normalized spacial score (nSPS) is 17.6. The van der Waals surface area contributed by atoms with Crippen LogP contribution in [0.2, 0.25) is 10.0 Å². The zero-order valence-electron chi connectivity index (χ0n) is 18.6. The van der Waals surface area contributed by atoms with E-state index in [2.05, 4.69) is 27.2 Å². The molecule has 34 heavy (non-hydrogen) atoms. The Kier molecular flexibility index (Phi) is 7.21. The van der Waals surface area contributed by atoms with Crippen molar-refractivity contribution in [2.45, 2.75) is 25.4 Å². The number of aryl methyl sites for hydroxylation is 1. The number of ether oxygens (including phenoxy) is 2. The molecule has 1 fully saturated rings. The van der Waals surface area contributed by atoms with Gasteiger partial charge in [-0.1, -0.05) is 36.7 Å². The summed E-state index contributed by atoms with van der Waals surface area (Å²) in [4.78, 5) is 20.3. The minimum atomic E-state index is -0.551. The molecule has 7 nitrogen and oxygen atoms in total. The highest BCUT2D eigenvalue weighted by Gasteiger charge is 2.30. The fraction of sp³-hybridized carbons (Fsp3) is 0.292. The second-order valence-electron chi connectivity index (χ2n) is 7.79. The van der Waals surface area contributed by atoms with E-state index in [1.165, 1.54) is 25.4 Å². The number of hydrogen-bond acceptors (Lipinski definition) is 6. The van der Waals surface area contributed by atoms with Gasteiger partial charge in [-0.3, -0.25) is 4.79 Å². The topological polar surface area (TPSA) is 85.4 Å². The number of nitrogens with zero attached hydrogens (tertiary/aromatic N) is 2. The molecule has 1 amide bonds. The van der Waals surface area contributed by atoms with E-state index in [4.69, 9.17) is 32.7 Å².